The predicted molar refractivity (Wildman–Crippen MR) is 48.0 cm³/mol. The molecule has 0 aromatic carbocycles. The molecule has 4 heteroatoms. The molecule has 0 saturated heterocycles. The van der Waals surface area contributed by atoms with Gasteiger partial charge in [-0.1, -0.05) is 6.07 Å². The summed E-state index contributed by atoms with van der Waals surface area (Å²) in [6.07, 6.45) is 0. The topological polar surface area (TPSA) is 49.3 Å². The third-order valence-corrected chi connectivity index (χ3v) is 2.55. The summed E-state index contributed by atoms with van der Waals surface area (Å²) >= 11 is 1.59. The Labute approximate surface area is 75.0 Å². The summed E-state index contributed by atoms with van der Waals surface area (Å²) in [6.45, 7) is 1.44. The zero-order valence-electron chi connectivity index (χ0n) is 6.78. The van der Waals surface area contributed by atoms with E-state index in [1.807, 2.05) is 24.4 Å². The van der Waals surface area contributed by atoms with Crippen molar-refractivity contribution in [2.24, 2.45) is 0 Å². The maximum absolute atomic E-state index is 10.8. The summed E-state index contributed by atoms with van der Waals surface area (Å²) in [6, 6.07) is 3.87. The van der Waals surface area contributed by atoms with Crippen molar-refractivity contribution in [3.05, 3.63) is 22.4 Å². The van der Waals surface area contributed by atoms with E-state index in [2.05, 4.69) is 5.32 Å². The van der Waals surface area contributed by atoms with Crippen LogP contribution in [0.3, 0.4) is 0 Å². The molecule has 0 saturated carbocycles. The Morgan fingerprint density at radius 2 is 2.58 bits per heavy atom. The van der Waals surface area contributed by atoms with Crippen LogP contribution in [0, 0.1) is 0 Å². The molecule has 1 atom stereocenters. The minimum Gasteiger partial charge on any atom is -0.387 e. The normalized spacial score (nSPS) is 12.5. The van der Waals surface area contributed by atoms with E-state index >= 15 is 0 Å². The van der Waals surface area contributed by atoms with Crippen LogP contribution in [0.5, 0.6) is 0 Å². The van der Waals surface area contributed by atoms with Gasteiger partial charge in [0.1, 0.15) is 6.61 Å². The number of hydrogen-bond donors (Lipinski definition) is 2. The van der Waals surface area contributed by atoms with Crippen LogP contribution in [0.2, 0.25) is 0 Å². The highest BCUT2D eigenvalue weighted by Gasteiger charge is 2.08. The molecule has 1 rings (SSSR count). The number of nitrogens with one attached hydrogen (secondary N) is 1. The molecular formula is C8H11NO2S. The lowest BCUT2D eigenvalue weighted by atomic mass is 10.3. The van der Waals surface area contributed by atoms with Crippen molar-refractivity contribution in [1.82, 2.24) is 5.32 Å². The Kier molecular flexibility index (Phi) is 3.25. The van der Waals surface area contributed by atoms with Gasteiger partial charge < -0.3 is 10.4 Å². The lowest BCUT2D eigenvalue weighted by molar-refractivity contribution is -0.124. The molecule has 1 heterocycles. The number of hydrogen-bond acceptors (Lipinski definition) is 3. The SMILES string of the molecule is C[C@H](NC(=O)CO)c1cccs1. The van der Waals surface area contributed by atoms with Gasteiger partial charge in [0.2, 0.25) is 5.91 Å². The molecule has 0 radical (unpaired) electrons. The average Bonchev–Trinajstić information content (AvgIpc) is 2.56. The number of carbonyl (C=O) groups excluding carboxylic acids is 1. The highest BCUT2D eigenvalue weighted by molar-refractivity contribution is 7.10. The molecule has 0 aliphatic heterocycles. The monoisotopic (exact) mass is 185 g/mol. The molecule has 12 heavy (non-hydrogen) atoms. The van der Waals surface area contributed by atoms with Gasteiger partial charge in [-0.2, -0.15) is 0 Å². The summed E-state index contributed by atoms with van der Waals surface area (Å²) < 4.78 is 0. The average molecular weight is 185 g/mol. The third-order valence-electron chi connectivity index (χ3n) is 1.49. The van der Waals surface area contributed by atoms with E-state index in [1.54, 1.807) is 11.3 Å². The van der Waals surface area contributed by atoms with E-state index in [4.69, 9.17) is 5.11 Å². The summed E-state index contributed by atoms with van der Waals surface area (Å²) in [5, 5.41) is 13.1. The molecule has 66 valence electrons. The molecule has 0 aliphatic carbocycles. The maximum atomic E-state index is 10.8. The molecule has 1 amide bonds. The van der Waals surface area contributed by atoms with Crippen LogP contribution >= 0.6 is 11.3 Å². The predicted octanol–water partition coefficient (Wildman–Crippen LogP) is 0.918. The van der Waals surface area contributed by atoms with E-state index in [-0.39, 0.29) is 11.9 Å². The van der Waals surface area contributed by atoms with Gasteiger partial charge in [-0.3, -0.25) is 4.79 Å². The van der Waals surface area contributed by atoms with Crippen molar-refractivity contribution < 1.29 is 9.90 Å². The largest absolute Gasteiger partial charge is 0.387 e. The molecule has 0 bridgehead atoms. The highest BCUT2D eigenvalue weighted by Crippen LogP contribution is 2.17. The van der Waals surface area contributed by atoms with E-state index in [1.165, 1.54) is 0 Å². The summed E-state index contributed by atoms with van der Waals surface area (Å²) in [5.41, 5.74) is 0. The van der Waals surface area contributed by atoms with Gasteiger partial charge >= 0.3 is 0 Å². The molecule has 1 aromatic heterocycles. The first-order chi connectivity index (χ1) is 5.74. The lowest BCUT2D eigenvalue weighted by Gasteiger charge is -2.10. The highest BCUT2D eigenvalue weighted by atomic mass is 32.1. The van der Waals surface area contributed by atoms with Gasteiger partial charge in [-0.15, -0.1) is 11.3 Å². The first-order valence-electron chi connectivity index (χ1n) is 3.67. The molecule has 0 aliphatic rings. The molecular weight excluding hydrogens is 174 g/mol. The van der Waals surface area contributed by atoms with Crippen molar-refractivity contribution in [2.75, 3.05) is 6.61 Å². The Morgan fingerprint density at radius 1 is 1.83 bits per heavy atom. The maximum Gasteiger partial charge on any atom is 0.246 e. The fourth-order valence-corrected chi connectivity index (χ4v) is 1.63. The zero-order chi connectivity index (χ0) is 8.97. The van der Waals surface area contributed by atoms with Crippen LogP contribution in [0.25, 0.3) is 0 Å². The lowest BCUT2D eigenvalue weighted by Crippen LogP contribution is -2.28. The van der Waals surface area contributed by atoms with Gasteiger partial charge in [0, 0.05) is 4.88 Å². The number of aliphatic hydroxyl groups excluding tert-OH is 1. The minimum atomic E-state index is -0.449. The molecule has 0 unspecified atom stereocenters. The summed E-state index contributed by atoms with van der Waals surface area (Å²) in [4.78, 5) is 11.9. The third kappa shape index (κ3) is 2.32. The second kappa shape index (κ2) is 4.23. The van der Waals surface area contributed by atoms with Crippen molar-refractivity contribution >= 4 is 17.2 Å². The molecule has 2 N–H and O–H groups in total. The molecule has 3 nitrogen and oxygen atoms in total. The second-order valence-electron chi connectivity index (χ2n) is 2.46. The van der Waals surface area contributed by atoms with Crippen LogP contribution in [0.15, 0.2) is 17.5 Å². The zero-order valence-corrected chi connectivity index (χ0v) is 7.60. The van der Waals surface area contributed by atoms with Crippen LogP contribution in [0.1, 0.15) is 17.8 Å². The van der Waals surface area contributed by atoms with E-state index < -0.39 is 6.61 Å². The van der Waals surface area contributed by atoms with Gasteiger partial charge in [-0.05, 0) is 18.4 Å². The molecule has 0 fully saturated rings. The van der Waals surface area contributed by atoms with Gasteiger partial charge in [0.05, 0.1) is 6.04 Å². The van der Waals surface area contributed by atoms with Crippen molar-refractivity contribution in [1.29, 1.82) is 0 Å². The minimum absolute atomic E-state index is 0.00958. The number of aliphatic hydroxyl groups is 1. The van der Waals surface area contributed by atoms with Gasteiger partial charge in [0.15, 0.2) is 0 Å². The molecule has 0 spiro atoms. The Morgan fingerprint density at radius 3 is 3.08 bits per heavy atom. The van der Waals surface area contributed by atoms with E-state index in [9.17, 15) is 4.79 Å². The van der Waals surface area contributed by atoms with Crippen molar-refractivity contribution in [3.8, 4) is 0 Å². The van der Waals surface area contributed by atoms with Crippen LogP contribution in [0.4, 0.5) is 0 Å². The van der Waals surface area contributed by atoms with Crippen LogP contribution in [-0.2, 0) is 4.79 Å². The fraction of sp³-hybridized carbons (Fsp3) is 0.375. The number of carbonyl (C=O) groups is 1. The number of thiophene rings is 1. The summed E-state index contributed by atoms with van der Waals surface area (Å²) in [7, 11) is 0. The standard InChI is InChI=1S/C8H11NO2S/c1-6(9-8(11)5-10)7-3-2-4-12-7/h2-4,6,10H,5H2,1H3,(H,9,11)/t6-/m0/s1. The van der Waals surface area contributed by atoms with Crippen molar-refractivity contribution in [3.63, 3.8) is 0 Å². The number of amides is 1. The van der Waals surface area contributed by atoms with Crippen molar-refractivity contribution in [2.45, 2.75) is 13.0 Å². The first kappa shape index (κ1) is 9.22. The van der Waals surface area contributed by atoms with E-state index in [0.29, 0.717) is 0 Å². The quantitative estimate of drug-likeness (QED) is 0.735. The second-order valence-corrected chi connectivity index (χ2v) is 3.44. The van der Waals surface area contributed by atoms with Gasteiger partial charge in [0.25, 0.3) is 0 Å². The Bertz CT molecular complexity index is 246. The fourth-order valence-electron chi connectivity index (χ4n) is 0.896. The Balaban J connectivity index is 2.49. The smallest absolute Gasteiger partial charge is 0.246 e. The number of rotatable bonds is 3. The Hall–Kier alpha value is -0.870. The van der Waals surface area contributed by atoms with E-state index in [0.717, 1.165) is 4.88 Å². The first-order valence-corrected chi connectivity index (χ1v) is 4.55. The molecule has 1 aromatic rings. The van der Waals surface area contributed by atoms with Crippen LogP contribution in [-0.4, -0.2) is 17.6 Å². The van der Waals surface area contributed by atoms with Gasteiger partial charge in [-0.25, -0.2) is 0 Å². The summed E-state index contributed by atoms with van der Waals surface area (Å²) in [5.74, 6) is -0.337. The van der Waals surface area contributed by atoms with Crippen LogP contribution < -0.4 is 5.32 Å².